The van der Waals surface area contributed by atoms with E-state index in [1.54, 1.807) is 6.20 Å². The summed E-state index contributed by atoms with van der Waals surface area (Å²) < 4.78 is 10.7. The standard InChI is InChI=1S/C18H23N5O3/c1-13-20-17(26-21-13)14-3-6-23(7-4-14)18(24)16-12-15(2-5-19-16)22-8-10-25-11-9-22/h2,5,12,14H,3-4,6-11H2,1H3. The fraction of sp³-hybridized carbons (Fsp3) is 0.556. The van der Waals surface area contributed by atoms with E-state index < -0.39 is 0 Å². The molecule has 0 aliphatic carbocycles. The number of anilines is 1. The minimum absolute atomic E-state index is 0.0136. The van der Waals surface area contributed by atoms with Crippen molar-refractivity contribution < 1.29 is 14.1 Å². The molecule has 2 fully saturated rings. The Morgan fingerprint density at radius 3 is 2.65 bits per heavy atom. The van der Waals surface area contributed by atoms with Crippen molar-refractivity contribution >= 4 is 11.6 Å². The third-order valence-corrected chi connectivity index (χ3v) is 5.01. The van der Waals surface area contributed by atoms with Gasteiger partial charge in [-0.05, 0) is 31.9 Å². The molecule has 4 rings (SSSR count). The molecule has 0 unspecified atom stereocenters. The predicted octanol–water partition coefficient (Wildman–Crippen LogP) is 1.63. The number of hydrogen-bond acceptors (Lipinski definition) is 7. The van der Waals surface area contributed by atoms with E-state index in [4.69, 9.17) is 9.26 Å². The first-order valence-corrected chi connectivity index (χ1v) is 9.09. The lowest BCUT2D eigenvalue weighted by Gasteiger charge is -2.31. The van der Waals surface area contributed by atoms with Crippen molar-refractivity contribution in [2.75, 3.05) is 44.3 Å². The highest BCUT2D eigenvalue weighted by Gasteiger charge is 2.28. The maximum atomic E-state index is 12.9. The van der Waals surface area contributed by atoms with Crippen LogP contribution in [0.25, 0.3) is 0 Å². The summed E-state index contributed by atoms with van der Waals surface area (Å²) in [5.74, 6) is 1.55. The number of piperidine rings is 1. The van der Waals surface area contributed by atoms with Gasteiger partial charge in [0.2, 0.25) is 5.89 Å². The van der Waals surface area contributed by atoms with Gasteiger partial charge in [0.05, 0.1) is 13.2 Å². The van der Waals surface area contributed by atoms with Gasteiger partial charge in [-0.25, -0.2) is 0 Å². The molecule has 8 nitrogen and oxygen atoms in total. The van der Waals surface area contributed by atoms with Gasteiger partial charge in [-0.2, -0.15) is 4.98 Å². The zero-order valence-electron chi connectivity index (χ0n) is 14.9. The highest BCUT2D eigenvalue weighted by molar-refractivity contribution is 5.93. The van der Waals surface area contributed by atoms with Gasteiger partial charge in [0.25, 0.3) is 5.91 Å². The third-order valence-electron chi connectivity index (χ3n) is 5.01. The fourth-order valence-corrected chi connectivity index (χ4v) is 3.53. The minimum atomic E-state index is -0.0136. The molecule has 0 N–H and O–H groups in total. The maximum absolute atomic E-state index is 12.9. The molecule has 0 radical (unpaired) electrons. The number of aryl methyl sites for hydroxylation is 1. The van der Waals surface area contributed by atoms with E-state index in [0.717, 1.165) is 31.6 Å². The summed E-state index contributed by atoms with van der Waals surface area (Å²) in [5, 5.41) is 3.86. The van der Waals surface area contributed by atoms with Crippen LogP contribution in [0, 0.1) is 6.92 Å². The molecule has 0 saturated carbocycles. The van der Waals surface area contributed by atoms with E-state index in [-0.39, 0.29) is 11.8 Å². The molecular formula is C18H23N5O3. The molecule has 8 heteroatoms. The normalized spacial score (nSPS) is 19.0. The van der Waals surface area contributed by atoms with Crippen LogP contribution in [-0.4, -0.2) is 65.3 Å². The Kier molecular flexibility index (Phi) is 4.83. The van der Waals surface area contributed by atoms with Crippen LogP contribution in [0.3, 0.4) is 0 Å². The fourth-order valence-electron chi connectivity index (χ4n) is 3.53. The number of rotatable bonds is 3. The topological polar surface area (TPSA) is 84.6 Å². The Bertz CT molecular complexity index is 764. The zero-order chi connectivity index (χ0) is 17.9. The molecule has 0 bridgehead atoms. The van der Waals surface area contributed by atoms with Gasteiger partial charge in [0.1, 0.15) is 5.69 Å². The van der Waals surface area contributed by atoms with Gasteiger partial charge in [-0.3, -0.25) is 9.78 Å². The molecule has 2 aliphatic heterocycles. The van der Waals surface area contributed by atoms with Crippen molar-refractivity contribution in [3.63, 3.8) is 0 Å². The summed E-state index contributed by atoms with van der Waals surface area (Å²) >= 11 is 0. The summed E-state index contributed by atoms with van der Waals surface area (Å²) in [6, 6.07) is 3.84. The summed E-state index contributed by atoms with van der Waals surface area (Å²) in [4.78, 5) is 25.6. The average molecular weight is 357 g/mol. The van der Waals surface area contributed by atoms with Crippen molar-refractivity contribution in [3.8, 4) is 0 Å². The van der Waals surface area contributed by atoms with Gasteiger partial charge in [-0.1, -0.05) is 5.16 Å². The lowest BCUT2D eigenvalue weighted by Crippen LogP contribution is -2.39. The van der Waals surface area contributed by atoms with Crippen LogP contribution >= 0.6 is 0 Å². The molecule has 0 atom stereocenters. The number of nitrogens with zero attached hydrogens (tertiary/aromatic N) is 5. The van der Waals surface area contributed by atoms with E-state index in [2.05, 4.69) is 20.0 Å². The number of likely N-dealkylation sites (tertiary alicyclic amines) is 1. The van der Waals surface area contributed by atoms with Crippen LogP contribution in [0.2, 0.25) is 0 Å². The predicted molar refractivity (Wildman–Crippen MR) is 94.2 cm³/mol. The first-order chi connectivity index (χ1) is 12.7. The van der Waals surface area contributed by atoms with Crippen molar-refractivity contribution in [1.82, 2.24) is 20.0 Å². The Hall–Kier alpha value is -2.48. The molecule has 4 heterocycles. The number of carbonyl (C=O) groups excluding carboxylic acids is 1. The van der Waals surface area contributed by atoms with Gasteiger partial charge in [0, 0.05) is 44.0 Å². The van der Waals surface area contributed by atoms with E-state index in [0.29, 0.717) is 43.7 Å². The van der Waals surface area contributed by atoms with Crippen molar-refractivity contribution in [2.24, 2.45) is 0 Å². The van der Waals surface area contributed by atoms with Crippen LogP contribution in [0.5, 0.6) is 0 Å². The first kappa shape index (κ1) is 17.0. The molecule has 0 aromatic carbocycles. The lowest BCUT2D eigenvalue weighted by molar-refractivity contribution is 0.0698. The summed E-state index contributed by atoms with van der Waals surface area (Å²) in [6.07, 6.45) is 3.37. The second-order valence-corrected chi connectivity index (χ2v) is 6.75. The van der Waals surface area contributed by atoms with Crippen molar-refractivity contribution in [2.45, 2.75) is 25.7 Å². The average Bonchev–Trinajstić information content (AvgIpc) is 3.15. The summed E-state index contributed by atoms with van der Waals surface area (Å²) in [6.45, 7) is 6.28. The number of pyridine rings is 1. The molecule has 0 spiro atoms. The van der Waals surface area contributed by atoms with Gasteiger partial charge >= 0.3 is 0 Å². The number of carbonyl (C=O) groups is 1. The summed E-state index contributed by atoms with van der Waals surface area (Å²) in [5.41, 5.74) is 1.53. The largest absolute Gasteiger partial charge is 0.378 e. The molecule has 26 heavy (non-hydrogen) atoms. The van der Waals surface area contributed by atoms with Crippen molar-refractivity contribution in [3.05, 3.63) is 35.7 Å². The zero-order valence-corrected chi connectivity index (χ0v) is 14.9. The molecular weight excluding hydrogens is 334 g/mol. The van der Waals surface area contributed by atoms with Crippen LogP contribution < -0.4 is 4.90 Å². The number of morpholine rings is 1. The Balaban J connectivity index is 1.40. The monoisotopic (exact) mass is 357 g/mol. The molecule has 138 valence electrons. The molecule has 2 aromatic rings. The number of ether oxygens (including phenoxy) is 1. The number of amides is 1. The Morgan fingerprint density at radius 2 is 1.96 bits per heavy atom. The van der Waals surface area contributed by atoms with Gasteiger partial charge < -0.3 is 19.1 Å². The lowest BCUT2D eigenvalue weighted by atomic mass is 9.96. The van der Waals surface area contributed by atoms with E-state index in [9.17, 15) is 4.79 Å². The number of aromatic nitrogens is 3. The Labute approximate surface area is 152 Å². The first-order valence-electron chi connectivity index (χ1n) is 9.09. The quantitative estimate of drug-likeness (QED) is 0.825. The number of hydrogen-bond donors (Lipinski definition) is 0. The minimum Gasteiger partial charge on any atom is -0.378 e. The van der Waals surface area contributed by atoms with Gasteiger partial charge in [0.15, 0.2) is 5.82 Å². The highest BCUT2D eigenvalue weighted by Crippen LogP contribution is 2.27. The summed E-state index contributed by atoms with van der Waals surface area (Å²) in [7, 11) is 0. The van der Waals surface area contributed by atoms with E-state index in [1.165, 1.54) is 0 Å². The van der Waals surface area contributed by atoms with Crippen LogP contribution in [0.4, 0.5) is 5.69 Å². The third kappa shape index (κ3) is 3.55. The van der Waals surface area contributed by atoms with Crippen LogP contribution in [0.1, 0.15) is 41.0 Å². The second kappa shape index (κ2) is 7.41. The van der Waals surface area contributed by atoms with E-state index in [1.807, 2.05) is 24.0 Å². The Morgan fingerprint density at radius 1 is 1.19 bits per heavy atom. The smallest absolute Gasteiger partial charge is 0.272 e. The van der Waals surface area contributed by atoms with Crippen LogP contribution in [0.15, 0.2) is 22.9 Å². The molecule has 2 saturated heterocycles. The molecule has 2 aromatic heterocycles. The molecule has 2 aliphatic rings. The molecule has 1 amide bonds. The maximum Gasteiger partial charge on any atom is 0.272 e. The van der Waals surface area contributed by atoms with E-state index >= 15 is 0 Å². The van der Waals surface area contributed by atoms with Crippen molar-refractivity contribution in [1.29, 1.82) is 0 Å². The SMILES string of the molecule is Cc1noc(C2CCN(C(=O)c3cc(N4CCOCC4)ccn3)CC2)n1. The second-order valence-electron chi connectivity index (χ2n) is 6.75. The van der Waals surface area contributed by atoms with Gasteiger partial charge in [-0.15, -0.1) is 0 Å². The van der Waals surface area contributed by atoms with Crippen LogP contribution in [-0.2, 0) is 4.74 Å². The highest BCUT2D eigenvalue weighted by atomic mass is 16.5.